The molecule has 112 valence electrons. The van der Waals surface area contributed by atoms with Crippen LogP contribution in [0.1, 0.15) is 18.9 Å². The first-order valence-corrected chi connectivity index (χ1v) is 9.37. The van der Waals surface area contributed by atoms with Crippen LogP contribution in [-0.2, 0) is 15.8 Å². The van der Waals surface area contributed by atoms with Gasteiger partial charge in [-0.15, -0.1) is 11.8 Å². The number of hydrogen-bond donors (Lipinski definition) is 1. The van der Waals surface area contributed by atoms with Gasteiger partial charge in [0.05, 0.1) is 10.8 Å². The van der Waals surface area contributed by atoms with Gasteiger partial charge in [-0.3, -0.25) is 4.72 Å². The van der Waals surface area contributed by atoms with E-state index in [1.807, 2.05) is 37.3 Å². The zero-order valence-electron chi connectivity index (χ0n) is 11.8. The summed E-state index contributed by atoms with van der Waals surface area (Å²) in [6, 6.07) is 15.4. The molecule has 1 aromatic heterocycles. The third kappa shape index (κ3) is 5.40. The lowest BCUT2D eigenvalue weighted by atomic mass is 10.2. The van der Waals surface area contributed by atoms with Gasteiger partial charge in [-0.25, -0.2) is 13.4 Å². The Balaban J connectivity index is 2.01. The number of anilines is 1. The number of aromatic nitrogens is 1. The highest BCUT2D eigenvalue weighted by atomic mass is 32.2. The lowest BCUT2D eigenvalue weighted by Crippen LogP contribution is -2.16. The monoisotopic (exact) mass is 322 g/mol. The van der Waals surface area contributed by atoms with Crippen LogP contribution in [-0.4, -0.2) is 19.2 Å². The van der Waals surface area contributed by atoms with Crippen molar-refractivity contribution in [1.29, 1.82) is 0 Å². The Morgan fingerprint density at radius 2 is 1.86 bits per heavy atom. The number of thioether (sulfide) groups is 1. The molecule has 2 aromatic rings. The Bertz CT molecular complexity index is 673. The van der Waals surface area contributed by atoms with Crippen molar-refractivity contribution in [2.45, 2.75) is 24.1 Å². The van der Waals surface area contributed by atoms with Crippen molar-refractivity contribution in [1.82, 2.24) is 4.98 Å². The number of pyridine rings is 1. The van der Waals surface area contributed by atoms with E-state index in [1.54, 1.807) is 17.8 Å². The smallest absolute Gasteiger partial charge is 0.233 e. The minimum Gasteiger partial charge on any atom is -0.267 e. The van der Waals surface area contributed by atoms with Crippen molar-refractivity contribution in [2.24, 2.45) is 0 Å². The molecule has 6 heteroatoms. The molecule has 4 nitrogen and oxygen atoms in total. The maximum absolute atomic E-state index is 11.7. The molecule has 0 radical (unpaired) electrons. The second kappa shape index (κ2) is 7.47. The lowest BCUT2D eigenvalue weighted by Gasteiger charge is -2.07. The van der Waals surface area contributed by atoms with Crippen LogP contribution in [0.2, 0.25) is 0 Å². The fourth-order valence-electron chi connectivity index (χ4n) is 1.76. The second-order valence-corrected chi connectivity index (χ2v) is 7.39. The summed E-state index contributed by atoms with van der Waals surface area (Å²) < 4.78 is 26.0. The van der Waals surface area contributed by atoms with Crippen LogP contribution in [0, 0.1) is 0 Å². The fourth-order valence-corrected chi connectivity index (χ4v) is 3.68. The van der Waals surface area contributed by atoms with E-state index >= 15 is 0 Å². The van der Waals surface area contributed by atoms with Gasteiger partial charge in [-0.05, 0) is 24.1 Å². The summed E-state index contributed by atoms with van der Waals surface area (Å²) in [6.07, 6.45) is 0.581. The van der Waals surface area contributed by atoms with Gasteiger partial charge < -0.3 is 0 Å². The molecule has 0 aliphatic rings. The summed E-state index contributed by atoms with van der Waals surface area (Å²) >= 11 is 1.58. The van der Waals surface area contributed by atoms with Gasteiger partial charge in [0.2, 0.25) is 10.0 Å². The molecular weight excluding hydrogens is 304 g/mol. The minimum atomic E-state index is -3.29. The molecule has 0 aliphatic heterocycles. The molecule has 1 heterocycles. The lowest BCUT2D eigenvalue weighted by molar-refractivity contribution is 0.599. The van der Waals surface area contributed by atoms with Gasteiger partial charge in [-0.2, -0.15) is 0 Å². The summed E-state index contributed by atoms with van der Waals surface area (Å²) in [5.41, 5.74) is 1.21. The SMILES string of the molecule is CCCS(=O)(=O)Nc1cccc(SCc2ccccc2)n1. The average Bonchev–Trinajstić information content (AvgIpc) is 2.46. The van der Waals surface area contributed by atoms with Crippen LogP contribution in [0.25, 0.3) is 0 Å². The summed E-state index contributed by atoms with van der Waals surface area (Å²) in [6.45, 7) is 1.83. The van der Waals surface area contributed by atoms with E-state index < -0.39 is 10.0 Å². The van der Waals surface area contributed by atoms with Crippen LogP contribution < -0.4 is 4.72 Å². The van der Waals surface area contributed by atoms with Crippen LogP contribution >= 0.6 is 11.8 Å². The van der Waals surface area contributed by atoms with Crippen molar-refractivity contribution >= 4 is 27.6 Å². The Labute approximate surface area is 130 Å². The van der Waals surface area contributed by atoms with Gasteiger partial charge >= 0.3 is 0 Å². The third-order valence-electron chi connectivity index (χ3n) is 2.69. The summed E-state index contributed by atoms with van der Waals surface area (Å²) in [5.74, 6) is 1.29. The summed E-state index contributed by atoms with van der Waals surface area (Å²) in [7, 11) is -3.29. The van der Waals surface area contributed by atoms with Crippen molar-refractivity contribution < 1.29 is 8.42 Å². The Kier molecular flexibility index (Phi) is 5.64. The van der Waals surface area contributed by atoms with E-state index in [1.165, 1.54) is 5.56 Å². The number of nitrogens with one attached hydrogen (secondary N) is 1. The molecule has 0 bridgehead atoms. The quantitative estimate of drug-likeness (QED) is 0.792. The first-order valence-electron chi connectivity index (χ1n) is 6.73. The number of benzene rings is 1. The molecule has 1 aromatic carbocycles. The average molecular weight is 322 g/mol. The predicted octanol–water partition coefficient (Wildman–Crippen LogP) is 3.53. The van der Waals surface area contributed by atoms with E-state index in [2.05, 4.69) is 21.8 Å². The molecule has 1 N–H and O–H groups in total. The molecule has 21 heavy (non-hydrogen) atoms. The predicted molar refractivity (Wildman–Crippen MR) is 87.9 cm³/mol. The van der Waals surface area contributed by atoms with E-state index in [-0.39, 0.29) is 5.75 Å². The van der Waals surface area contributed by atoms with E-state index in [4.69, 9.17) is 0 Å². The summed E-state index contributed by atoms with van der Waals surface area (Å²) in [4.78, 5) is 4.33. The largest absolute Gasteiger partial charge is 0.267 e. The number of sulfonamides is 1. The maximum Gasteiger partial charge on any atom is 0.233 e. The van der Waals surface area contributed by atoms with Crippen LogP contribution in [0.15, 0.2) is 53.6 Å². The molecule has 0 amide bonds. The van der Waals surface area contributed by atoms with Gasteiger partial charge in [0.1, 0.15) is 5.82 Å². The van der Waals surface area contributed by atoms with Crippen LogP contribution in [0.5, 0.6) is 0 Å². The zero-order chi connectivity index (χ0) is 15.1. The van der Waals surface area contributed by atoms with Gasteiger partial charge in [0.25, 0.3) is 0 Å². The molecule has 0 saturated heterocycles. The van der Waals surface area contributed by atoms with E-state index in [9.17, 15) is 8.42 Å². The number of nitrogens with zero attached hydrogens (tertiary/aromatic N) is 1. The molecular formula is C15H18N2O2S2. The Hall–Kier alpha value is -1.53. The van der Waals surface area contributed by atoms with Gasteiger partial charge in [0.15, 0.2) is 0 Å². The topological polar surface area (TPSA) is 59.1 Å². The molecule has 0 fully saturated rings. The molecule has 0 saturated carbocycles. The molecule has 0 atom stereocenters. The normalized spacial score (nSPS) is 11.3. The number of rotatable bonds is 7. The fraction of sp³-hybridized carbons (Fsp3) is 0.267. The molecule has 0 spiro atoms. The van der Waals surface area contributed by atoms with Gasteiger partial charge in [0, 0.05) is 5.75 Å². The first kappa shape index (κ1) is 15.9. The van der Waals surface area contributed by atoms with Gasteiger partial charge in [-0.1, -0.05) is 43.3 Å². The first-order chi connectivity index (χ1) is 10.1. The highest BCUT2D eigenvalue weighted by Gasteiger charge is 2.09. The molecule has 0 aliphatic carbocycles. The van der Waals surface area contributed by atoms with Crippen molar-refractivity contribution in [2.75, 3.05) is 10.5 Å². The Morgan fingerprint density at radius 3 is 2.57 bits per heavy atom. The number of hydrogen-bond acceptors (Lipinski definition) is 4. The molecule has 0 unspecified atom stereocenters. The van der Waals surface area contributed by atoms with Crippen LogP contribution in [0.4, 0.5) is 5.82 Å². The van der Waals surface area contributed by atoms with Crippen LogP contribution in [0.3, 0.4) is 0 Å². The van der Waals surface area contributed by atoms with Crippen molar-refractivity contribution in [3.05, 3.63) is 54.1 Å². The van der Waals surface area contributed by atoms with E-state index in [0.29, 0.717) is 12.2 Å². The Morgan fingerprint density at radius 1 is 1.10 bits per heavy atom. The highest BCUT2D eigenvalue weighted by molar-refractivity contribution is 7.98. The standard InChI is InChI=1S/C15H18N2O2S2/c1-2-11-21(18,19)17-14-9-6-10-15(16-14)20-12-13-7-4-3-5-8-13/h3-10H,2,11-12H2,1H3,(H,16,17). The summed E-state index contributed by atoms with van der Waals surface area (Å²) in [5, 5.41) is 0.801. The minimum absolute atomic E-state index is 0.107. The highest BCUT2D eigenvalue weighted by Crippen LogP contribution is 2.22. The maximum atomic E-state index is 11.7. The zero-order valence-corrected chi connectivity index (χ0v) is 13.5. The molecule has 2 rings (SSSR count). The third-order valence-corrected chi connectivity index (χ3v) is 5.15. The van der Waals surface area contributed by atoms with Crippen molar-refractivity contribution in [3.63, 3.8) is 0 Å². The van der Waals surface area contributed by atoms with Crippen molar-refractivity contribution in [3.8, 4) is 0 Å². The van der Waals surface area contributed by atoms with E-state index in [0.717, 1.165) is 10.8 Å². The second-order valence-electron chi connectivity index (χ2n) is 4.56.